The van der Waals surface area contributed by atoms with Crippen molar-refractivity contribution in [3.8, 4) is 11.8 Å². The number of rotatable bonds is 20. The van der Waals surface area contributed by atoms with Gasteiger partial charge in [-0.1, -0.05) is 24.7 Å². The number of phosphoric ester groups is 1. The predicted molar refractivity (Wildman–Crippen MR) is 203 cm³/mol. The van der Waals surface area contributed by atoms with E-state index in [2.05, 4.69) is 56.2 Å². The summed E-state index contributed by atoms with van der Waals surface area (Å²) in [5.41, 5.74) is 6.45. The van der Waals surface area contributed by atoms with Crippen molar-refractivity contribution in [2.24, 2.45) is 0 Å². The first-order valence-corrected chi connectivity index (χ1v) is 23.5. The molecule has 2 aromatic heterocycles. The van der Waals surface area contributed by atoms with Crippen LogP contribution in [-0.4, -0.2) is 123 Å². The quantitative estimate of drug-likeness (QED) is 0.0356. The maximum atomic E-state index is 12.4. The number of ether oxygens (including phenoxy) is 1. The summed E-state index contributed by atoms with van der Waals surface area (Å²) in [4.78, 5) is 80.7. The average Bonchev–Trinajstić information content (AvgIpc) is 3.86. The molecule has 0 saturated carbocycles. The molecular formula is C30H45N8O16P3S. The Kier molecular flexibility index (Phi) is 15.8. The summed E-state index contributed by atoms with van der Waals surface area (Å²) in [7, 11) is -17.0. The number of carbonyl (C=O) groups excluding carboxylic acids is 3. The van der Waals surface area contributed by atoms with Gasteiger partial charge in [-0.05, 0) is 25.7 Å². The van der Waals surface area contributed by atoms with E-state index in [1.165, 1.54) is 10.8 Å². The van der Waals surface area contributed by atoms with Gasteiger partial charge in [-0.25, -0.2) is 28.5 Å². The first kappa shape index (κ1) is 45.9. The lowest BCUT2D eigenvalue weighted by atomic mass is 10.0. The van der Waals surface area contributed by atoms with Crippen LogP contribution < -0.4 is 27.0 Å². The second-order valence-electron chi connectivity index (χ2n) is 13.4. The Morgan fingerprint density at radius 3 is 2.45 bits per heavy atom. The molecule has 0 spiro atoms. The van der Waals surface area contributed by atoms with E-state index >= 15 is 0 Å². The lowest BCUT2D eigenvalue weighted by Crippen LogP contribution is -2.36. The minimum atomic E-state index is -5.79. The number of nitrogen functional groups attached to an aromatic ring is 1. The van der Waals surface area contributed by atoms with Crippen LogP contribution in [0.1, 0.15) is 63.2 Å². The molecule has 9 atom stereocenters. The smallest absolute Gasteiger partial charge is 0.387 e. The van der Waals surface area contributed by atoms with Crippen molar-refractivity contribution in [3.63, 3.8) is 0 Å². The third-order valence-electron chi connectivity index (χ3n) is 9.15. The Balaban J connectivity index is 1.02. The number of amides is 4. The van der Waals surface area contributed by atoms with Crippen molar-refractivity contribution >= 4 is 69.9 Å². The highest BCUT2D eigenvalue weighted by molar-refractivity contribution is 8.00. The monoisotopic (exact) mass is 898 g/mol. The molecule has 24 nitrogen and oxygen atoms in total. The van der Waals surface area contributed by atoms with Crippen LogP contribution in [0.15, 0.2) is 12.5 Å². The zero-order chi connectivity index (χ0) is 42.3. The molecule has 4 amide bonds. The number of nitrogens with zero attached hydrogens (tertiary/aromatic N) is 3. The zero-order valence-corrected chi connectivity index (χ0v) is 34.1. The Hall–Kier alpha value is -3.17. The third-order valence-corrected chi connectivity index (χ3v) is 14.5. The Labute approximate surface area is 335 Å². The van der Waals surface area contributed by atoms with Gasteiger partial charge in [-0.15, -0.1) is 0 Å². The van der Waals surface area contributed by atoms with Crippen molar-refractivity contribution in [3.05, 3.63) is 18.1 Å². The molecule has 12 N–H and O–H groups in total. The molecule has 3 fully saturated rings. The maximum absolute atomic E-state index is 12.4. The molecule has 0 aromatic carbocycles. The summed E-state index contributed by atoms with van der Waals surface area (Å²) in [6.07, 6.45) is 1.39. The lowest BCUT2D eigenvalue weighted by Gasteiger charge is -2.19. The first-order valence-electron chi connectivity index (χ1n) is 17.9. The fourth-order valence-electron chi connectivity index (χ4n) is 6.51. The minimum absolute atomic E-state index is 0.00115. The topological polar surface area (TPSA) is 366 Å². The molecule has 322 valence electrons. The highest BCUT2D eigenvalue weighted by Gasteiger charge is 2.47. The number of nitrogens with two attached hydrogens (primary N) is 1. The normalized spacial score (nSPS) is 26.2. The molecule has 3 saturated heterocycles. The minimum Gasteiger partial charge on any atom is -0.387 e. The number of hydrogen-bond donors (Lipinski definition) is 11. The number of hydrogen-bond acceptors (Lipinski definition) is 16. The van der Waals surface area contributed by atoms with Crippen molar-refractivity contribution in [2.45, 2.75) is 93.2 Å². The number of nitrogens with one attached hydrogen (secondary N) is 4. The van der Waals surface area contributed by atoms with E-state index in [0.29, 0.717) is 31.1 Å². The molecule has 58 heavy (non-hydrogen) atoms. The van der Waals surface area contributed by atoms with Crippen molar-refractivity contribution in [1.29, 1.82) is 0 Å². The van der Waals surface area contributed by atoms with Crippen LogP contribution in [0.2, 0.25) is 0 Å². The molecule has 28 heteroatoms. The molecule has 0 bridgehead atoms. The summed E-state index contributed by atoms with van der Waals surface area (Å²) in [5, 5.41) is 33.5. The Morgan fingerprint density at radius 1 is 0.983 bits per heavy atom. The fraction of sp³-hybridized carbons (Fsp3) is 0.633. The summed E-state index contributed by atoms with van der Waals surface area (Å²) < 4.78 is 53.3. The van der Waals surface area contributed by atoms with E-state index in [9.17, 15) is 48.1 Å². The van der Waals surface area contributed by atoms with Gasteiger partial charge >= 0.3 is 29.5 Å². The maximum Gasteiger partial charge on any atom is 0.490 e. The van der Waals surface area contributed by atoms with E-state index in [0.717, 1.165) is 37.8 Å². The van der Waals surface area contributed by atoms with Crippen LogP contribution in [0.3, 0.4) is 0 Å². The molecule has 3 aliphatic rings. The van der Waals surface area contributed by atoms with E-state index in [1.807, 2.05) is 11.8 Å². The third kappa shape index (κ3) is 12.9. The van der Waals surface area contributed by atoms with Crippen LogP contribution >= 0.6 is 35.2 Å². The summed E-state index contributed by atoms with van der Waals surface area (Å²) in [5.74, 6) is 6.32. The Morgan fingerprint density at radius 2 is 1.71 bits per heavy atom. The van der Waals surface area contributed by atoms with E-state index in [1.54, 1.807) is 0 Å². The Bertz CT molecular complexity index is 2030. The van der Waals surface area contributed by atoms with Crippen molar-refractivity contribution in [1.82, 2.24) is 35.8 Å². The van der Waals surface area contributed by atoms with Crippen molar-refractivity contribution in [2.75, 3.05) is 31.2 Å². The highest BCUT2D eigenvalue weighted by atomic mass is 32.2. The summed E-state index contributed by atoms with van der Waals surface area (Å²) >= 11 is 1.85. The van der Waals surface area contributed by atoms with Gasteiger partial charge in [0.05, 0.1) is 36.2 Å². The number of fused-ring (bicyclic) bond motifs is 2. The lowest BCUT2D eigenvalue weighted by molar-refractivity contribution is -0.122. The number of aromatic nitrogens is 3. The molecule has 2 unspecified atom stereocenters. The number of aliphatic hydroxyl groups is 2. The largest absolute Gasteiger partial charge is 0.490 e. The van der Waals surface area contributed by atoms with Gasteiger partial charge < -0.3 is 66.1 Å². The van der Waals surface area contributed by atoms with Crippen LogP contribution in [0, 0.1) is 11.8 Å². The number of phosphoric acid groups is 3. The fourth-order valence-corrected chi connectivity index (χ4v) is 11.1. The number of urea groups is 1. The number of carbonyl (C=O) groups is 3. The molecule has 0 radical (unpaired) electrons. The molecule has 5 heterocycles. The SMILES string of the molecule is Nc1ncnc2c1c(C#CCNC(=O)CCCCCNC(=O)CCCC[C@@H]1SC[C@@H]3NC(=O)N[C@@H]31)cn2[C@@H]1O[C@H](COP(=O)(O)OP(=O)(O)OP(=O)(O)O)[C@@H](O)[C@H]1O. The molecular weight excluding hydrogens is 853 g/mol. The van der Waals surface area contributed by atoms with Gasteiger partial charge in [0, 0.05) is 36.6 Å². The standard InChI is InChI=1S/C30H45N8O16P3S/c31-27-23-17(7-6-12-33-21(39)9-2-1-5-11-32-22(40)10-4-3-8-20-24-18(15-58-20)36-30(43)37-24)13-38(28(23)35-16-34-27)29-26(42)25(41)19(52-29)14-51-56(47,48)54-57(49,50)53-55(44,45)46/h13,16,18-20,24-26,29,41-42H,1-5,8-12,14-15H2,(H,32,40)(H,33,39)(H,47,48)(H,49,50)(H2,31,34,35)(H2,36,37,43)(H2,44,45,46)/t18-,19+,20-,24-,25+,26+,29+/m0/s1. The second kappa shape index (κ2) is 19.9. The molecule has 2 aromatic rings. The van der Waals surface area contributed by atoms with Crippen LogP contribution in [0.5, 0.6) is 0 Å². The van der Waals surface area contributed by atoms with Gasteiger partial charge in [0.1, 0.15) is 36.1 Å². The number of thioether (sulfide) groups is 1. The number of aliphatic hydroxyl groups excluding tert-OH is 2. The molecule has 5 rings (SSSR count). The number of unbranched alkanes of at least 4 members (excludes halogenated alkanes) is 3. The zero-order valence-electron chi connectivity index (χ0n) is 30.6. The van der Waals surface area contributed by atoms with Gasteiger partial charge in [0.25, 0.3) is 0 Å². The second-order valence-corrected chi connectivity index (χ2v) is 19.1. The predicted octanol–water partition coefficient (Wildman–Crippen LogP) is -0.154. The van der Waals surface area contributed by atoms with Crippen LogP contribution in [-0.2, 0) is 41.2 Å². The van der Waals surface area contributed by atoms with Gasteiger partial charge in [0.15, 0.2) is 6.23 Å². The van der Waals surface area contributed by atoms with E-state index < -0.39 is 54.6 Å². The van der Waals surface area contributed by atoms with Gasteiger partial charge in [0.2, 0.25) is 11.8 Å². The van der Waals surface area contributed by atoms with Crippen LogP contribution in [0.25, 0.3) is 11.0 Å². The van der Waals surface area contributed by atoms with Gasteiger partial charge in [-0.3, -0.25) is 14.1 Å². The summed E-state index contributed by atoms with van der Waals surface area (Å²) in [6, 6.07) is 0.239. The molecule has 3 aliphatic heterocycles. The van der Waals surface area contributed by atoms with Crippen molar-refractivity contribution < 1.29 is 75.7 Å². The first-order chi connectivity index (χ1) is 27.3. The number of anilines is 1. The van der Waals surface area contributed by atoms with E-state index in [4.69, 9.17) is 20.3 Å². The highest BCUT2D eigenvalue weighted by Crippen LogP contribution is 2.66. The molecule has 0 aliphatic carbocycles. The summed E-state index contributed by atoms with van der Waals surface area (Å²) in [6.45, 7) is -0.552. The van der Waals surface area contributed by atoms with E-state index in [-0.39, 0.29) is 65.3 Å². The van der Waals surface area contributed by atoms with Gasteiger partial charge in [-0.2, -0.15) is 20.4 Å². The average molecular weight is 899 g/mol. The van der Waals surface area contributed by atoms with Crippen LogP contribution in [0.4, 0.5) is 10.6 Å².